The molecule has 0 aliphatic heterocycles. The fraction of sp³-hybridized carbons (Fsp3) is 0.0952. The number of hydrogen-bond donors (Lipinski definition) is 7. The van der Waals surface area contributed by atoms with E-state index in [1.807, 2.05) is 0 Å². The van der Waals surface area contributed by atoms with Crippen LogP contribution < -0.4 is 0 Å². The van der Waals surface area contributed by atoms with Crippen molar-refractivity contribution in [2.45, 2.75) is 33.4 Å². The van der Waals surface area contributed by atoms with E-state index in [2.05, 4.69) is 9.47 Å². The summed E-state index contributed by atoms with van der Waals surface area (Å²) < 4.78 is 9.20. The first-order valence-electron chi connectivity index (χ1n) is 17.6. The van der Waals surface area contributed by atoms with E-state index in [4.69, 9.17) is 14.7 Å². The number of phenolic OH excluding ortho intramolecular Hbond substituents is 4. The molecule has 6 rings (SSSR count). The molecule has 0 saturated carbocycles. The zero-order valence-corrected chi connectivity index (χ0v) is 35.5. The van der Waals surface area contributed by atoms with Crippen molar-refractivity contribution < 1.29 is 64.0 Å². The number of rotatable bonds is 10. The Morgan fingerprint density at radius 2 is 0.903 bits per heavy atom. The van der Waals surface area contributed by atoms with E-state index < -0.39 is 41.9 Å². The highest BCUT2D eigenvalue weighted by atomic mass is 32.2. The molecule has 7 N–H and O–H groups in total. The lowest BCUT2D eigenvalue weighted by Gasteiger charge is -2.16. The number of carbonyl (C=O) groups excluding carboxylic acids is 2. The van der Waals surface area contributed by atoms with Crippen LogP contribution in [0.1, 0.15) is 31.8 Å². The normalized spacial score (nSPS) is 10.5. The fourth-order valence-corrected chi connectivity index (χ4v) is 7.98. The van der Waals surface area contributed by atoms with Crippen LogP contribution >= 0.6 is 32.1 Å². The predicted molar refractivity (Wildman–Crippen MR) is 231 cm³/mol. The van der Waals surface area contributed by atoms with Gasteiger partial charge in [-0.15, -0.1) is 0 Å². The second kappa shape index (κ2) is 21.7. The van der Waals surface area contributed by atoms with Crippen molar-refractivity contribution in [1.29, 1.82) is 0 Å². The highest BCUT2D eigenvalue weighted by Gasteiger charge is 2.32. The molecule has 6 aromatic carbocycles. The van der Waals surface area contributed by atoms with Gasteiger partial charge in [0.2, 0.25) is 0 Å². The quantitative estimate of drug-likeness (QED) is 0.0292. The smallest absolute Gasteiger partial charge is 0.341 e. The Morgan fingerprint density at radius 1 is 0.565 bits per heavy atom. The molecule has 6 aromatic rings. The second-order valence-corrected chi connectivity index (χ2v) is 15.3. The number of nitro benzene ring substituents is 2. The van der Waals surface area contributed by atoms with E-state index in [0.29, 0.717) is 43.8 Å². The number of aryl methyl sites for hydroxylation is 2. The summed E-state index contributed by atoms with van der Waals surface area (Å²) in [6.45, 7) is 3.07. The van der Waals surface area contributed by atoms with E-state index in [0.717, 1.165) is 0 Å². The summed E-state index contributed by atoms with van der Waals surface area (Å²) in [5.41, 5.74) is 1.79. The van der Waals surface area contributed by atoms with Gasteiger partial charge in [-0.2, -0.15) is 0 Å². The van der Waals surface area contributed by atoms with Gasteiger partial charge in [-0.3, -0.25) is 20.2 Å². The Bertz CT molecular complexity index is 2440. The van der Waals surface area contributed by atoms with Crippen LogP contribution in [0.4, 0.5) is 11.4 Å². The van der Waals surface area contributed by atoms with E-state index >= 15 is 0 Å². The highest BCUT2D eigenvalue weighted by Crippen LogP contribution is 2.54. The molecule has 62 heavy (non-hydrogen) atoms. The fourth-order valence-electron chi connectivity index (χ4n) is 5.80. The largest absolute Gasteiger partial charge is 0.507 e. The molecule has 0 atom stereocenters. The first-order valence-corrected chi connectivity index (χ1v) is 20.4. The van der Waals surface area contributed by atoms with Gasteiger partial charge < -0.3 is 44.6 Å². The Labute approximate surface area is 362 Å². The lowest BCUT2D eigenvalue weighted by Crippen LogP contribution is -2.02. The third-order valence-corrected chi connectivity index (χ3v) is 10.7. The molecule has 17 nitrogen and oxygen atoms in total. The maximum absolute atomic E-state index is 12.0. The Hall–Kier alpha value is -6.73. The van der Waals surface area contributed by atoms with Gasteiger partial charge in [0, 0.05) is 32.0 Å². The summed E-state index contributed by atoms with van der Waals surface area (Å²) in [4.78, 5) is 68.5. The SMILES string of the molecule is COC(=O)c1cc(Sc2ccc(O)c(C(=O)OC)c2)ccc1O.Cc1cc(-c2ccccc2)c(O)c(Sc2c(O)c(-c3ccccc3)cc(C)c2[N+](=O)[O-])c1[N+](=O)[O-].OP(O)O. The summed E-state index contributed by atoms with van der Waals surface area (Å²) in [7, 11) is -0.168. The minimum absolute atomic E-state index is 0.0458. The zero-order valence-electron chi connectivity index (χ0n) is 32.9. The molecule has 0 radical (unpaired) electrons. The van der Waals surface area contributed by atoms with Crippen molar-refractivity contribution in [2.75, 3.05) is 14.2 Å². The minimum atomic E-state index is -2.62. The summed E-state index contributed by atoms with van der Waals surface area (Å²) in [5.74, 6) is -2.44. The molecule has 0 aromatic heterocycles. The summed E-state index contributed by atoms with van der Waals surface area (Å²) in [6, 6.07) is 29.6. The number of nitrogens with zero attached hydrogens (tertiary/aromatic N) is 2. The molecule has 322 valence electrons. The molecule has 0 amide bonds. The molecular formula is C42H37N2O15PS2. The molecule has 0 aliphatic rings. The average Bonchev–Trinajstić information content (AvgIpc) is 3.24. The first kappa shape index (κ1) is 47.9. The van der Waals surface area contributed by atoms with Gasteiger partial charge >= 0.3 is 20.5 Å². The van der Waals surface area contributed by atoms with Gasteiger partial charge in [0.05, 0.1) is 24.1 Å². The average molecular weight is 905 g/mol. The third kappa shape index (κ3) is 11.8. The Kier molecular flexibility index (Phi) is 16.8. The topological polar surface area (TPSA) is 280 Å². The van der Waals surface area contributed by atoms with Crippen LogP contribution in [0.15, 0.2) is 129 Å². The molecule has 0 saturated heterocycles. The van der Waals surface area contributed by atoms with Gasteiger partial charge in [0.25, 0.3) is 11.4 Å². The monoisotopic (exact) mass is 904 g/mol. The van der Waals surface area contributed by atoms with Crippen molar-refractivity contribution in [3.05, 3.63) is 152 Å². The maximum Gasteiger partial charge on any atom is 0.341 e. The van der Waals surface area contributed by atoms with Crippen LogP contribution in [-0.2, 0) is 9.47 Å². The lowest BCUT2D eigenvalue weighted by molar-refractivity contribution is -0.388. The van der Waals surface area contributed by atoms with Gasteiger partial charge in [-0.25, -0.2) is 9.59 Å². The summed E-state index contributed by atoms with van der Waals surface area (Å²) in [6.07, 6.45) is 0. The van der Waals surface area contributed by atoms with Crippen LogP contribution in [0.25, 0.3) is 22.3 Å². The Morgan fingerprint density at radius 3 is 1.21 bits per heavy atom. The number of carbonyl (C=O) groups is 2. The first-order chi connectivity index (χ1) is 29.4. The third-order valence-electron chi connectivity index (χ3n) is 8.56. The van der Waals surface area contributed by atoms with E-state index in [1.165, 1.54) is 76.2 Å². The Balaban J connectivity index is 0.000000270. The van der Waals surface area contributed by atoms with E-state index in [-0.39, 0.29) is 54.9 Å². The van der Waals surface area contributed by atoms with Crippen LogP contribution in [0.2, 0.25) is 0 Å². The van der Waals surface area contributed by atoms with Crippen molar-refractivity contribution >= 4 is 55.4 Å². The number of aromatic hydroxyl groups is 4. The molecule has 0 fully saturated rings. The standard InChI is InChI=1S/C26H20N2O6S.C16H14O6S.H3O3P/c1-15-13-19(17-9-5-3-6-10-17)23(29)25(21(15)27(31)32)35-26-22(28(33)34)16(2)14-20(24(26)30)18-11-7-4-8-12-18;1-21-15(19)11-7-9(3-5-13(11)17)23-10-4-6-14(18)12(8-10)16(20)22-2;1-4(2)3/h3-14,29-30H,1-2H3;3-8,17-18H,1-2H3;1-3H. The minimum Gasteiger partial charge on any atom is -0.507 e. The van der Waals surface area contributed by atoms with Crippen molar-refractivity contribution in [1.82, 2.24) is 0 Å². The highest BCUT2D eigenvalue weighted by molar-refractivity contribution is 8.00. The van der Waals surface area contributed by atoms with Crippen LogP contribution in [0.3, 0.4) is 0 Å². The molecule has 0 spiro atoms. The number of benzene rings is 6. The second-order valence-electron chi connectivity index (χ2n) is 12.6. The zero-order chi connectivity index (χ0) is 45.8. The molecule has 0 aliphatic carbocycles. The van der Waals surface area contributed by atoms with E-state index in [1.54, 1.807) is 72.8 Å². The number of phenols is 4. The maximum atomic E-state index is 12.0. The molecular weight excluding hydrogens is 868 g/mol. The number of esters is 2. The number of ether oxygens (including phenoxy) is 2. The van der Waals surface area contributed by atoms with E-state index in [9.17, 15) is 50.2 Å². The predicted octanol–water partition coefficient (Wildman–Crippen LogP) is 9.03. The van der Waals surface area contributed by atoms with Gasteiger partial charge in [-0.05, 0) is 73.5 Å². The van der Waals surface area contributed by atoms with Crippen molar-refractivity contribution in [3.8, 4) is 45.3 Å². The number of nitro groups is 2. The van der Waals surface area contributed by atoms with Crippen molar-refractivity contribution in [2.24, 2.45) is 0 Å². The van der Waals surface area contributed by atoms with Crippen LogP contribution in [0.5, 0.6) is 23.0 Å². The molecule has 0 bridgehead atoms. The van der Waals surface area contributed by atoms with Gasteiger partial charge in [0.1, 0.15) is 43.9 Å². The van der Waals surface area contributed by atoms with Gasteiger partial charge in [-0.1, -0.05) is 84.2 Å². The lowest BCUT2D eigenvalue weighted by atomic mass is 10.0. The molecule has 0 heterocycles. The molecule has 0 unspecified atom stereocenters. The summed E-state index contributed by atoms with van der Waals surface area (Å²) in [5, 5.41) is 65.6. The number of methoxy groups -OCH3 is 2. The van der Waals surface area contributed by atoms with Gasteiger partial charge in [0.15, 0.2) is 0 Å². The summed E-state index contributed by atoms with van der Waals surface area (Å²) >= 11 is 1.86. The number of hydrogen-bond acceptors (Lipinski definition) is 17. The van der Waals surface area contributed by atoms with Crippen LogP contribution in [-0.4, -0.2) is 71.1 Å². The molecule has 20 heteroatoms. The van der Waals surface area contributed by atoms with Crippen LogP contribution in [0, 0.1) is 34.1 Å². The van der Waals surface area contributed by atoms with Crippen molar-refractivity contribution in [3.63, 3.8) is 0 Å².